The molecule has 2 aromatic carbocycles. The first-order valence-electron chi connectivity index (χ1n) is 7.81. The Hall–Kier alpha value is -3.30. The van der Waals surface area contributed by atoms with Crippen molar-refractivity contribution < 1.29 is 8.81 Å². The summed E-state index contributed by atoms with van der Waals surface area (Å²) in [6.07, 6.45) is 1.63. The molecule has 0 unspecified atom stereocenters. The summed E-state index contributed by atoms with van der Waals surface area (Å²) in [6, 6.07) is 19.3. The Kier molecular flexibility index (Phi) is 4.30. The van der Waals surface area contributed by atoms with Gasteiger partial charge in [-0.3, -0.25) is 0 Å². The molecule has 0 saturated carbocycles. The maximum atomic E-state index is 13.0. The van der Waals surface area contributed by atoms with Crippen LogP contribution in [0, 0.1) is 17.1 Å². The third-order valence-electron chi connectivity index (χ3n) is 3.73. The number of aromatic nitrogens is 2. The highest BCUT2D eigenvalue weighted by Crippen LogP contribution is 2.30. The monoisotopic (exact) mass is 361 g/mol. The predicted octanol–water partition coefficient (Wildman–Crippen LogP) is 5.51. The molecule has 0 radical (unpaired) electrons. The summed E-state index contributed by atoms with van der Waals surface area (Å²) in [5, 5.41) is 10.7. The number of furan rings is 1. The lowest BCUT2D eigenvalue weighted by Crippen LogP contribution is -1.82. The molecule has 0 aliphatic heterocycles. The minimum Gasteiger partial charge on any atom is -0.450 e. The van der Waals surface area contributed by atoms with Crippen LogP contribution in [-0.4, -0.2) is 9.97 Å². The van der Waals surface area contributed by atoms with Crippen LogP contribution in [0.1, 0.15) is 11.3 Å². The van der Waals surface area contributed by atoms with Gasteiger partial charge in [-0.15, -0.1) is 0 Å². The summed E-state index contributed by atoms with van der Waals surface area (Å²) in [7, 11) is 0. The molecule has 0 fully saturated rings. The highest BCUT2D eigenvalue weighted by atomic mass is 32.2. The molecule has 0 aliphatic rings. The van der Waals surface area contributed by atoms with Gasteiger partial charge in [0, 0.05) is 0 Å². The number of halogens is 1. The van der Waals surface area contributed by atoms with Gasteiger partial charge in [-0.1, -0.05) is 24.3 Å². The molecule has 0 aliphatic carbocycles. The molecule has 0 atom stereocenters. The molecule has 4 rings (SSSR count). The lowest BCUT2D eigenvalue weighted by molar-refractivity contribution is 0.466. The van der Waals surface area contributed by atoms with Gasteiger partial charge in [0.05, 0.1) is 22.7 Å². The van der Waals surface area contributed by atoms with E-state index in [1.165, 1.54) is 23.9 Å². The summed E-state index contributed by atoms with van der Waals surface area (Å²) in [5.74, 6) is 0.207. The molecule has 4 aromatic rings. The predicted molar refractivity (Wildman–Crippen MR) is 98.8 cm³/mol. The Morgan fingerprint density at radius 1 is 1.12 bits per heavy atom. The van der Waals surface area contributed by atoms with E-state index in [1.54, 1.807) is 24.3 Å². The number of allylic oxidation sites excluding steroid dienone is 1. The number of H-pyrrole nitrogens is 1. The van der Waals surface area contributed by atoms with E-state index < -0.39 is 0 Å². The molecule has 6 heteroatoms. The summed E-state index contributed by atoms with van der Waals surface area (Å²) >= 11 is 1.37. The second kappa shape index (κ2) is 6.90. The van der Waals surface area contributed by atoms with E-state index in [0.717, 1.165) is 16.2 Å². The van der Waals surface area contributed by atoms with Crippen LogP contribution >= 0.6 is 11.8 Å². The van der Waals surface area contributed by atoms with Gasteiger partial charge in [-0.25, -0.2) is 9.37 Å². The van der Waals surface area contributed by atoms with Crippen LogP contribution in [0.5, 0.6) is 0 Å². The number of benzene rings is 2. The highest BCUT2D eigenvalue weighted by molar-refractivity contribution is 7.99. The maximum absolute atomic E-state index is 13.0. The third kappa shape index (κ3) is 3.39. The zero-order valence-corrected chi connectivity index (χ0v) is 14.3. The summed E-state index contributed by atoms with van der Waals surface area (Å²) in [4.78, 5) is 7.72. The topological polar surface area (TPSA) is 65.6 Å². The number of nitrogens with zero attached hydrogens (tertiary/aromatic N) is 2. The fourth-order valence-electron chi connectivity index (χ4n) is 2.49. The van der Waals surface area contributed by atoms with Gasteiger partial charge in [0.25, 0.3) is 0 Å². The highest BCUT2D eigenvalue weighted by Gasteiger charge is 2.09. The van der Waals surface area contributed by atoms with Gasteiger partial charge in [-0.05, 0) is 59.8 Å². The number of aromatic amines is 1. The molecule has 0 amide bonds. The molecule has 1 N–H and O–H groups in total. The number of hydrogen-bond acceptors (Lipinski definition) is 4. The van der Waals surface area contributed by atoms with E-state index in [2.05, 4.69) is 16.0 Å². The average Bonchev–Trinajstić information content (AvgIpc) is 3.26. The van der Waals surface area contributed by atoms with E-state index >= 15 is 0 Å². The molecule has 4 nitrogen and oxygen atoms in total. The van der Waals surface area contributed by atoms with E-state index in [9.17, 15) is 9.65 Å². The quantitative estimate of drug-likeness (QED) is 0.487. The Labute approximate surface area is 153 Å². The lowest BCUT2D eigenvalue weighted by atomic mass is 10.1. The first-order chi connectivity index (χ1) is 12.7. The standard InChI is InChI=1S/C20H12FN3OS/c21-15-7-5-13(6-8-15)14(12-22)11-16-9-10-19(25-16)26-20-23-17-3-1-2-4-18(17)24-20/h1-11H,(H,23,24). The van der Waals surface area contributed by atoms with Crippen LogP contribution in [0.2, 0.25) is 0 Å². The summed E-state index contributed by atoms with van der Waals surface area (Å²) in [6.45, 7) is 0. The van der Waals surface area contributed by atoms with Gasteiger partial charge >= 0.3 is 0 Å². The Bertz CT molecular complexity index is 1100. The van der Waals surface area contributed by atoms with Crippen molar-refractivity contribution in [3.8, 4) is 6.07 Å². The van der Waals surface area contributed by atoms with E-state index in [1.807, 2.05) is 30.3 Å². The van der Waals surface area contributed by atoms with Crippen molar-refractivity contribution in [2.45, 2.75) is 10.2 Å². The molecule has 26 heavy (non-hydrogen) atoms. The van der Waals surface area contributed by atoms with Crippen molar-refractivity contribution in [2.24, 2.45) is 0 Å². The van der Waals surface area contributed by atoms with Gasteiger partial charge in [0.2, 0.25) is 0 Å². The van der Waals surface area contributed by atoms with Gasteiger partial charge in [0.1, 0.15) is 11.6 Å². The largest absolute Gasteiger partial charge is 0.450 e. The Morgan fingerprint density at radius 2 is 1.92 bits per heavy atom. The third-order valence-corrected chi connectivity index (χ3v) is 4.54. The van der Waals surface area contributed by atoms with Crippen LogP contribution < -0.4 is 0 Å². The second-order valence-electron chi connectivity index (χ2n) is 5.49. The van der Waals surface area contributed by atoms with Crippen LogP contribution in [0.15, 0.2) is 75.3 Å². The van der Waals surface area contributed by atoms with Crippen molar-refractivity contribution in [3.63, 3.8) is 0 Å². The van der Waals surface area contributed by atoms with E-state index in [4.69, 9.17) is 4.42 Å². The maximum Gasteiger partial charge on any atom is 0.174 e. The van der Waals surface area contributed by atoms with Gasteiger partial charge in [0.15, 0.2) is 10.2 Å². The number of para-hydroxylation sites is 2. The molecule has 0 spiro atoms. The molecular formula is C20H12FN3OS. The SMILES string of the molecule is N#CC(=Cc1ccc(Sc2nc3ccccc3[nH]2)o1)c1ccc(F)cc1. The first kappa shape index (κ1) is 16.2. The number of nitrogens with one attached hydrogen (secondary N) is 1. The Balaban J connectivity index is 1.57. The zero-order chi connectivity index (χ0) is 17.9. The lowest BCUT2D eigenvalue weighted by Gasteiger charge is -1.98. The number of nitriles is 1. The van der Waals surface area contributed by atoms with Crippen molar-refractivity contribution in [2.75, 3.05) is 0 Å². The van der Waals surface area contributed by atoms with Crippen molar-refractivity contribution in [1.29, 1.82) is 5.26 Å². The minimum absolute atomic E-state index is 0.339. The van der Waals surface area contributed by atoms with Crippen molar-refractivity contribution in [3.05, 3.63) is 77.8 Å². The minimum atomic E-state index is -0.339. The number of imidazole rings is 1. The molecule has 0 saturated heterocycles. The zero-order valence-electron chi connectivity index (χ0n) is 13.4. The van der Waals surface area contributed by atoms with Gasteiger partial charge in [-0.2, -0.15) is 5.26 Å². The van der Waals surface area contributed by atoms with Crippen LogP contribution in [0.4, 0.5) is 4.39 Å². The smallest absolute Gasteiger partial charge is 0.174 e. The van der Waals surface area contributed by atoms with Crippen LogP contribution in [0.3, 0.4) is 0 Å². The number of rotatable bonds is 4. The fraction of sp³-hybridized carbons (Fsp3) is 0. The molecule has 126 valence electrons. The normalized spacial score (nSPS) is 11.6. The number of hydrogen-bond donors (Lipinski definition) is 1. The van der Waals surface area contributed by atoms with Crippen LogP contribution in [-0.2, 0) is 0 Å². The van der Waals surface area contributed by atoms with E-state index in [-0.39, 0.29) is 5.82 Å². The summed E-state index contributed by atoms with van der Waals surface area (Å²) < 4.78 is 18.8. The Morgan fingerprint density at radius 3 is 2.69 bits per heavy atom. The first-order valence-corrected chi connectivity index (χ1v) is 8.63. The molecule has 0 bridgehead atoms. The van der Waals surface area contributed by atoms with Crippen LogP contribution in [0.25, 0.3) is 22.7 Å². The number of fused-ring (bicyclic) bond motifs is 1. The summed E-state index contributed by atoms with van der Waals surface area (Å²) in [5.41, 5.74) is 2.89. The second-order valence-corrected chi connectivity index (χ2v) is 6.49. The van der Waals surface area contributed by atoms with Gasteiger partial charge < -0.3 is 9.40 Å². The average molecular weight is 361 g/mol. The molecular weight excluding hydrogens is 349 g/mol. The fourth-order valence-corrected chi connectivity index (χ4v) is 3.26. The molecule has 2 heterocycles. The van der Waals surface area contributed by atoms with Crippen molar-refractivity contribution in [1.82, 2.24) is 9.97 Å². The van der Waals surface area contributed by atoms with Crippen molar-refractivity contribution >= 4 is 34.4 Å². The molecule has 2 aromatic heterocycles. The van der Waals surface area contributed by atoms with E-state index in [0.29, 0.717) is 22.0 Å².